The lowest BCUT2D eigenvalue weighted by Crippen LogP contribution is -2.50. The fraction of sp³-hybridized carbons (Fsp3) is 0.357. The number of nitrogens with one attached hydrogen (secondary N) is 1. The van der Waals surface area contributed by atoms with Crippen molar-refractivity contribution >= 4 is 34.9 Å². The first-order valence-electron chi connectivity index (χ1n) is 6.90. The van der Waals surface area contributed by atoms with Crippen molar-refractivity contribution in [2.45, 2.75) is 4.34 Å². The fourth-order valence-corrected chi connectivity index (χ4v) is 3.59. The molecule has 2 amide bonds. The SMILES string of the molecule is CSc1nc(C(=O)N2CCN(C(=O)c3ccc[nH]3)CC2)cs1. The molecule has 22 heavy (non-hydrogen) atoms. The van der Waals surface area contributed by atoms with E-state index in [0.717, 1.165) is 4.34 Å². The van der Waals surface area contributed by atoms with Gasteiger partial charge < -0.3 is 14.8 Å². The molecular weight excluding hydrogens is 320 g/mol. The van der Waals surface area contributed by atoms with Crippen LogP contribution in [0.5, 0.6) is 0 Å². The summed E-state index contributed by atoms with van der Waals surface area (Å²) in [6.07, 6.45) is 3.68. The smallest absolute Gasteiger partial charge is 0.273 e. The molecule has 1 aliphatic heterocycles. The van der Waals surface area contributed by atoms with Crippen LogP contribution in [0.2, 0.25) is 0 Å². The van der Waals surface area contributed by atoms with Crippen LogP contribution in [-0.4, -0.2) is 64.0 Å². The highest BCUT2D eigenvalue weighted by Gasteiger charge is 2.26. The molecule has 3 heterocycles. The number of piperazine rings is 1. The molecule has 116 valence electrons. The van der Waals surface area contributed by atoms with Gasteiger partial charge in [0.05, 0.1) is 0 Å². The van der Waals surface area contributed by atoms with Crippen LogP contribution in [0, 0.1) is 0 Å². The average molecular weight is 336 g/mol. The number of aromatic nitrogens is 2. The van der Waals surface area contributed by atoms with Crippen molar-refractivity contribution in [3.63, 3.8) is 0 Å². The van der Waals surface area contributed by atoms with Crippen molar-refractivity contribution in [1.29, 1.82) is 0 Å². The third-order valence-corrected chi connectivity index (χ3v) is 5.42. The van der Waals surface area contributed by atoms with Gasteiger partial charge in [-0.1, -0.05) is 11.8 Å². The van der Waals surface area contributed by atoms with Crippen molar-refractivity contribution in [2.24, 2.45) is 0 Å². The monoisotopic (exact) mass is 336 g/mol. The predicted molar refractivity (Wildman–Crippen MR) is 86.5 cm³/mol. The fourth-order valence-electron chi connectivity index (χ4n) is 2.36. The van der Waals surface area contributed by atoms with E-state index in [9.17, 15) is 9.59 Å². The van der Waals surface area contributed by atoms with Gasteiger partial charge in [0.25, 0.3) is 11.8 Å². The summed E-state index contributed by atoms with van der Waals surface area (Å²) in [5, 5.41) is 1.80. The van der Waals surface area contributed by atoms with Gasteiger partial charge in [0, 0.05) is 37.8 Å². The number of aromatic amines is 1. The van der Waals surface area contributed by atoms with Crippen molar-refractivity contribution in [3.8, 4) is 0 Å². The molecule has 1 saturated heterocycles. The number of thiazole rings is 1. The lowest BCUT2D eigenvalue weighted by atomic mass is 10.2. The number of hydrogen-bond acceptors (Lipinski definition) is 5. The van der Waals surface area contributed by atoms with Gasteiger partial charge in [-0.3, -0.25) is 9.59 Å². The largest absolute Gasteiger partial charge is 0.357 e. The maximum absolute atomic E-state index is 12.4. The Morgan fingerprint density at radius 1 is 1.23 bits per heavy atom. The highest BCUT2D eigenvalue weighted by atomic mass is 32.2. The Hall–Kier alpha value is -1.80. The molecule has 0 saturated carbocycles. The summed E-state index contributed by atoms with van der Waals surface area (Å²) in [7, 11) is 0. The molecular formula is C14H16N4O2S2. The van der Waals surface area contributed by atoms with E-state index in [1.54, 1.807) is 33.5 Å². The first kappa shape index (κ1) is 15.1. The van der Waals surface area contributed by atoms with E-state index in [1.165, 1.54) is 23.1 Å². The molecule has 0 unspecified atom stereocenters. The topological polar surface area (TPSA) is 69.3 Å². The minimum atomic E-state index is -0.0523. The van der Waals surface area contributed by atoms with Gasteiger partial charge >= 0.3 is 0 Å². The van der Waals surface area contributed by atoms with Crippen molar-refractivity contribution < 1.29 is 9.59 Å². The number of rotatable bonds is 3. The van der Waals surface area contributed by atoms with E-state index in [0.29, 0.717) is 37.6 Å². The number of amides is 2. The van der Waals surface area contributed by atoms with Crippen LogP contribution in [0.15, 0.2) is 28.0 Å². The molecule has 2 aromatic heterocycles. The molecule has 1 N–H and O–H groups in total. The molecule has 3 rings (SSSR count). The van der Waals surface area contributed by atoms with E-state index < -0.39 is 0 Å². The van der Waals surface area contributed by atoms with Crippen LogP contribution >= 0.6 is 23.1 Å². The van der Waals surface area contributed by atoms with E-state index >= 15 is 0 Å². The maximum atomic E-state index is 12.4. The molecule has 6 nitrogen and oxygen atoms in total. The Kier molecular flexibility index (Phi) is 4.49. The predicted octanol–water partition coefficient (Wildman–Crippen LogP) is 1.79. The quantitative estimate of drug-likeness (QED) is 0.868. The number of carbonyl (C=O) groups excluding carboxylic acids is 2. The molecule has 1 fully saturated rings. The Balaban J connectivity index is 1.59. The van der Waals surface area contributed by atoms with Gasteiger partial charge in [0.2, 0.25) is 0 Å². The molecule has 0 spiro atoms. The Morgan fingerprint density at radius 2 is 1.91 bits per heavy atom. The summed E-state index contributed by atoms with van der Waals surface area (Å²) >= 11 is 3.02. The van der Waals surface area contributed by atoms with E-state index in [2.05, 4.69) is 9.97 Å². The molecule has 0 atom stereocenters. The van der Waals surface area contributed by atoms with Crippen LogP contribution in [0.25, 0.3) is 0 Å². The first-order valence-corrected chi connectivity index (χ1v) is 9.01. The molecule has 0 aliphatic carbocycles. The second-order valence-corrected chi connectivity index (χ2v) is 6.78. The summed E-state index contributed by atoms with van der Waals surface area (Å²) < 4.78 is 0.893. The highest BCUT2D eigenvalue weighted by molar-refractivity contribution is 8.00. The summed E-state index contributed by atoms with van der Waals surface area (Å²) in [5.41, 5.74) is 1.09. The van der Waals surface area contributed by atoms with Gasteiger partial charge in [-0.2, -0.15) is 0 Å². The van der Waals surface area contributed by atoms with E-state index in [-0.39, 0.29) is 11.8 Å². The minimum absolute atomic E-state index is 0.0181. The third kappa shape index (κ3) is 3.02. The van der Waals surface area contributed by atoms with Crippen LogP contribution in [-0.2, 0) is 0 Å². The highest BCUT2D eigenvalue weighted by Crippen LogP contribution is 2.21. The summed E-state index contributed by atoms with van der Waals surface area (Å²) in [6, 6.07) is 3.57. The third-order valence-electron chi connectivity index (χ3n) is 3.56. The summed E-state index contributed by atoms with van der Waals surface area (Å²) in [5.74, 6) is -0.0704. The van der Waals surface area contributed by atoms with Crippen molar-refractivity contribution in [2.75, 3.05) is 32.4 Å². The lowest BCUT2D eigenvalue weighted by Gasteiger charge is -2.34. The molecule has 1 aliphatic rings. The average Bonchev–Trinajstić information content (AvgIpc) is 3.25. The first-order chi connectivity index (χ1) is 10.7. The zero-order valence-electron chi connectivity index (χ0n) is 12.1. The van der Waals surface area contributed by atoms with Crippen LogP contribution < -0.4 is 0 Å². The summed E-state index contributed by atoms with van der Waals surface area (Å²) in [4.78, 5) is 35.4. The van der Waals surface area contributed by atoms with Crippen LogP contribution in [0.1, 0.15) is 21.0 Å². The molecule has 8 heteroatoms. The lowest BCUT2D eigenvalue weighted by molar-refractivity contribution is 0.0529. The van der Waals surface area contributed by atoms with Gasteiger partial charge in [-0.05, 0) is 18.4 Å². The van der Waals surface area contributed by atoms with Gasteiger partial charge in [0.1, 0.15) is 15.7 Å². The summed E-state index contributed by atoms with van der Waals surface area (Å²) in [6.45, 7) is 2.17. The van der Waals surface area contributed by atoms with E-state index in [4.69, 9.17) is 0 Å². The number of carbonyl (C=O) groups is 2. The Bertz CT molecular complexity index is 660. The molecule has 0 radical (unpaired) electrons. The zero-order chi connectivity index (χ0) is 15.5. The Morgan fingerprint density at radius 3 is 2.45 bits per heavy atom. The number of nitrogens with zero attached hydrogens (tertiary/aromatic N) is 3. The number of thioether (sulfide) groups is 1. The minimum Gasteiger partial charge on any atom is -0.357 e. The molecule has 0 aromatic carbocycles. The number of H-pyrrole nitrogens is 1. The Labute approximate surface area is 136 Å². The van der Waals surface area contributed by atoms with Crippen LogP contribution in [0.3, 0.4) is 0 Å². The van der Waals surface area contributed by atoms with E-state index in [1.807, 2.05) is 6.26 Å². The molecule has 2 aromatic rings. The number of hydrogen-bond donors (Lipinski definition) is 1. The van der Waals surface area contributed by atoms with Crippen molar-refractivity contribution in [1.82, 2.24) is 19.8 Å². The molecule has 0 bridgehead atoms. The van der Waals surface area contributed by atoms with Gasteiger partial charge in [0.15, 0.2) is 0 Å². The second kappa shape index (κ2) is 6.53. The standard InChI is InChI=1S/C14H16N4O2S2/c1-21-14-16-11(9-22-14)13(20)18-7-5-17(6-8-18)12(19)10-3-2-4-15-10/h2-4,9,15H,5-8H2,1H3. The zero-order valence-corrected chi connectivity index (χ0v) is 13.7. The van der Waals surface area contributed by atoms with Crippen molar-refractivity contribution in [3.05, 3.63) is 35.1 Å². The van der Waals surface area contributed by atoms with Crippen LogP contribution in [0.4, 0.5) is 0 Å². The maximum Gasteiger partial charge on any atom is 0.273 e. The van der Waals surface area contributed by atoms with Gasteiger partial charge in [-0.15, -0.1) is 11.3 Å². The van der Waals surface area contributed by atoms with Gasteiger partial charge in [-0.25, -0.2) is 4.98 Å². The second-order valence-electron chi connectivity index (χ2n) is 4.87. The normalized spacial score (nSPS) is 15.1.